The molecule has 1 aliphatic carbocycles. The van der Waals surface area contributed by atoms with Gasteiger partial charge in [-0.1, -0.05) is 134 Å². The largest absolute Gasteiger partial charge is 0.512 e. The molecule has 3 nitrogen and oxygen atoms in total. The van der Waals surface area contributed by atoms with E-state index in [1.807, 2.05) is 26.0 Å². The number of hydrogen-bond donors (Lipinski definition) is 2. The quantitative estimate of drug-likeness (QED) is 0.148. The van der Waals surface area contributed by atoms with E-state index < -0.39 is 0 Å². The fourth-order valence-corrected chi connectivity index (χ4v) is 5.30. The molecule has 0 atom stereocenters. The third-order valence-corrected chi connectivity index (χ3v) is 7.70. The fraction of sp³-hybridized carbons (Fsp3) is 0.667. The average Bonchev–Trinajstić information content (AvgIpc) is 2.84. The number of Topliss-reactive ketones (excluding diaryl/α,β-unsaturated/α-hetero) is 1. The molecule has 0 saturated heterocycles. The molecule has 0 fully saturated rings. The zero-order valence-electron chi connectivity index (χ0n) is 23.4. The van der Waals surface area contributed by atoms with Gasteiger partial charge in [0.15, 0.2) is 5.78 Å². The Hall–Kier alpha value is -2.03. The second-order valence-electron chi connectivity index (χ2n) is 11.5. The minimum Gasteiger partial charge on any atom is -0.512 e. The summed E-state index contributed by atoms with van der Waals surface area (Å²) in [4.78, 5) is 13.0. The van der Waals surface area contributed by atoms with Crippen LogP contribution in [0.4, 0.5) is 0 Å². The van der Waals surface area contributed by atoms with Crippen molar-refractivity contribution >= 4 is 5.78 Å². The van der Waals surface area contributed by atoms with Crippen LogP contribution in [-0.2, 0) is 6.42 Å². The number of benzene rings is 1. The van der Waals surface area contributed by atoms with Crippen molar-refractivity contribution in [1.82, 2.24) is 0 Å². The number of carbonyl (C=O) groups is 1. The van der Waals surface area contributed by atoms with Gasteiger partial charge in [0.2, 0.25) is 0 Å². The molecule has 0 unspecified atom stereocenters. The lowest BCUT2D eigenvalue weighted by atomic mass is 9.78. The molecule has 0 saturated carbocycles. The monoisotopic (exact) mass is 496 g/mol. The van der Waals surface area contributed by atoms with Crippen molar-refractivity contribution in [2.24, 2.45) is 5.41 Å². The number of rotatable bonds is 19. The van der Waals surface area contributed by atoms with Crippen LogP contribution in [0.2, 0.25) is 0 Å². The Balaban J connectivity index is 1.62. The highest BCUT2D eigenvalue weighted by Gasteiger charge is 2.28. The molecule has 0 spiro atoms. The SMILES string of the molecule is CCCCCCCCCCCCCCCCCC(=O)c1cccc(O)c1CC1=CC=C(O)C(C)(C)C1. The Morgan fingerprint density at radius 1 is 0.778 bits per heavy atom. The zero-order chi connectivity index (χ0) is 26.2. The Labute approximate surface area is 221 Å². The van der Waals surface area contributed by atoms with Crippen molar-refractivity contribution < 1.29 is 15.0 Å². The number of hydrogen-bond acceptors (Lipinski definition) is 3. The molecular weight excluding hydrogens is 444 g/mol. The summed E-state index contributed by atoms with van der Waals surface area (Å²) in [5.41, 5.74) is 2.19. The minimum atomic E-state index is -0.313. The Bertz CT molecular complexity index is 846. The maximum atomic E-state index is 13.0. The molecule has 202 valence electrons. The predicted molar refractivity (Wildman–Crippen MR) is 153 cm³/mol. The first-order valence-electron chi connectivity index (χ1n) is 14.8. The number of aliphatic hydroxyl groups is 1. The average molecular weight is 497 g/mol. The van der Waals surface area contributed by atoms with Gasteiger partial charge in [0.1, 0.15) is 5.75 Å². The highest BCUT2D eigenvalue weighted by molar-refractivity contribution is 5.98. The van der Waals surface area contributed by atoms with E-state index in [2.05, 4.69) is 6.92 Å². The number of ketones is 1. The van der Waals surface area contributed by atoms with Crippen LogP contribution in [0.5, 0.6) is 5.75 Å². The lowest BCUT2D eigenvalue weighted by Crippen LogP contribution is -2.19. The molecule has 0 heterocycles. The molecule has 1 aromatic carbocycles. The van der Waals surface area contributed by atoms with Gasteiger partial charge in [-0.15, -0.1) is 0 Å². The summed E-state index contributed by atoms with van der Waals surface area (Å²) in [5.74, 6) is 0.701. The van der Waals surface area contributed by atoms with E-state index >= 15 is 0 Å². The summed E-state index contributed by atoms with van der Waals surface area (Å²) in [6.07, 6.45) is 25.2. The van der Waals surface area contributed by atoms with E-state index in [1.165, 1.54) is 83.5 Å². The first kappa shape index (κ1) is 30.2. The smallest absolute Gasteiger partial charge is 0.163 e. The van der Waals surface area contributed by atoms with Gasteiger partial charge >= 0.3 is 0 Å². The molecular formula is C33H52O3. The lowest BCUT2D eigenvalue weighted by molar-refractivity contribution is 0.0977. The summed E-state index contributed by atoms with van der Waals surface area (Å²) < 4.78 is 0. The molecule has 3 heteroatoms. The minimum absolute atomic E-state index is 0.129. The van der Waals surface area contributed by atoms with Gasteiger partial charge in [0.25, 0.3) is 0 Å². The van der Waals surface area contributed by atoms with Crippen LogP contribution in [0.1, 0.15) is 146 Å². The van der Waals surface area contributed by atoms with Gasteiger partial charge in [-0.25, -0.2) is 0 Å². The molecule has 2 N–H and O–H groups in total. The zero-order valence-corrected chi connectivity index (χ0v) is 23.4. The number of carbonyl (C=O) groups excluding carboxylic acids is 1. The standard InChI is InChI=1S/C33H52O3/c1-4-5-6-7-8-9-10-11-12-13-14-15-16-17-18-21-30(34)28-20-19-22-31(35)29(28)25-27-23-24-32(36)33(2,3)26-27/h19-20,22-24,35-36H,4-18,21,25-26H2,1-3H3. The molecule has 0 aromatic heterocycles. The van der Waals surface area contributed by atoms with E-state index in [4.69, 9.17) is 0 Å². The number of unbranched alkanes of at least 4 members (excludes halogenated alkanes) is 14. The topological polar surface area (TPSA) is 57.5 Å². The molecule has 0 aliphatic heterocycles. The normalized spacial score (nSPS) is 15.0. The molecule has 0 bridgehead atoms. The third kappa shape index (κ3) is 10.9. The molecule has 1 aliphatic rings. The summed E-state index contributed by atoms with van der Waals surface area (Å²) in [6, 6.07) is 5.29. The van der Waals surface area contributed by atoms with Crippen LogP contribution in [0.15, 0.2) is 41.7 Å². The van der Waals surface area contributed by atoms with Gasteiger partial charge < -0.3 is 10.2 Å². The van der Waals surface area contributed by atoms with Crippen LogP contribution < -0.4 is 0 Å². The van der Waals surface area contributed by atoms with Crippen molar-refractivity contribution in [2.45, 2.75) is 136 Å². The molecule has 0 amide bonds. The van der Waals surface area contributed by atoms with Gasteiger partial charge in [0, 0.05) is 23.0 Å². The summed E-state index contributed by atoms with van der Waals surface area (Å²) >= 11 is 0. The number of aromatic hydroxyl groups is 1. The maximum Gasteiger partial charge on any atom is 0.163 e. The number of phenols is 1. The van der Waals surface area contributed by atoms with E-state index in [-0.39, 0.29) is 16.9 Å². The highest BCUT2D eigenvalue weighted by atomic mass is 16.3. The summed E-state index contributed by atoms with van der Waals surface area (Å²) in [7, 11) is 0. The van der Waals surface area contributed by atoms with Crippen molar-refractivity contribution in [3.05, 3.63) is 52.8 Å². The molecule has 0 radical (unpaired) electrons. The first-order chi connectivity index (χ1) is 17.3. The van der Waals surface area contributed by atoms with E-state index in [0.29, 0.717) is 24.2 Å². The second-order valence-corrected chi connectivity index (χ2v) is 11.5. The number of phenolic OH excluding ortho intramolecular Hbond substituents is 1. The van der Waals surface area contributed by atoms with Gasteiger partial charge in [-0.3, -0.25) is 4.79 Å². The van der Waals surface area contributed by atoms with Crippen LogP contribution >= 0.6 is 0 Å². The van der Waals surface area contributed by atoms with E-state index in [1.54, 1.807) is 18.2 Å². The first-order valence-corrected chi connectivity index (χ1v) is 14.8. The van der Waals surface area contributed by atoms with Gasteiger partial charge in [-0.05, 0) is 31.4 Å². The van der Waals surface area contributed by atoms with Crippen LogP contribution in [0.25, 0.3) is 0 Å². The molecule has 1 aromatic rings. The highest BCUT2D eigenvalue weighted by Crippen LogP contribution is 2.38. The predicted octanol–water partition coefficient (Wildman–Crippen LogP) is 10.2. The second kappa shape index (κ2) is 16.7. The van der Waals surface area contributed by atoms with Crippen LogP contribution in [-0.4, -0.2) is 16.0 Å². The third-order valence-electron chi connectivity index (χ3n) is 7.70. The van der Waals surface area contributed by atoms with Gasteiger partial charge in [0.05, 0.1) is 5.76 Å². The summed E-state index contributed by atoms with van der Waals surface area (Å²) in [5, 5.41) is 20.6. The van der Waals surface area contributed by atoms with Gasteiger partial charge in [-0.2, -0.15) is 0 Å². The number of allylic oxidation sites excluding steroid dienone is 4. The summed E-state index contributed by atoms with van der Waals surface area (Å²) in [6.45, 7) is 6.30. The Morgan fingerprint density at radius 3 is 1.83 bits per heavy atom. The fourth-order valence-electron chi connectivity index (χ4n) is 5.30. The molecule has 2 rings (SSSR count). The van der Waals surface area contributed by atoms with Crippen molar-refractivity contribution in [2.75, 3.05) is 0 Å². The van der Waals surface area contributed by atoms with Crippen LogP contribution in [0, 0.1) is 5.41 Å². The van der Waals surface area contributed by atoms with E-state index in [0.717, 1.165) is 30.4 Å². The number of aliphatic hydroxyl groups excluding tert-OH is 1. The van der Waals surface area contributed by atoms with Crippen molar-refractivity contribution in [3.63, 3.8) is 0 Å². The maximum absolute atomic E-state index is 13.0. The van der Waals surface area contributed by atoms with Crippen molar-refractivity contribution in [1.29, 1.82) is 0 Å². The lowest BCUT2D eigenvalue weighted by Gasteiger charge is -2.28. The van der Waals surface area contributed by atoms with E-state index in [9.17, 15) is 15.0 Å². The Morgan fingerprint density at radius 2 is 1.31 bits per heavy atom. The molecule has 36 heavy (non-hydrogen) atoms. The van der Waals surface area contributed by atoms with Crippen molar-refractivity contribution in [3.8, 4) is 5.75 Å². The Kier molecular flexibility index (Phi) is 14.0. The van der Waals surface area contributed by atoms with Crippen LogP contribution in [0.3, 0.4) is 0 Å².